The molecule has 0 saturated heterocycles. The second-order valence-corrected chi connectivity index (χ2v) is 6.65. The average molecular weight is 351 g/mol. The molecule has 0 aliphatic carbocycles. The zero-order valence-electron chi connectivity index (χ0n) is 13.8. The molecule has 0 saturated carbocycles. The van der Waals surface area contributed by atoms with Crippen LogP contribution in [0.15, 0.2) is 30.5 Å². The van der Waals surface area contributed by atoms with Crippen molar-refractivity contribution < 1.29 is 0 Å². The number of halogens is 1. The Balaban J connectivity index is 1.70. The molecule has 1 heterocycles. The van der Waals surface area contributed by atoms with E-state index in [2.05, 4.69) is 53.8 Å². The molecule has 0 aliphatic rings. The van der Waals surface area contributed by atoms with Crippen LogP contribution in [-0.4, -0.2) is 21.4 Å². The fourth-order valence-electron chi connectivity index (χ4n) is 2.18. The van der Waals surface area contributed by atoms with Crippen molar-refractivity contribution in [2.75, 3.05) is 11.9 Å². The van der Waals surface area contributed by atoms with Crippen molar-refractivity contribution in [1.29, 1.82) is 0 Å². The molecule has 0 bridgehead atoms. The van der Waals surface area contributed by atoms with Gasteiger partial charge < -0.3 is 10.6 Å². The summed E-state index contributed by atoms with van der Waals surface area (Å²) in [5.41, 5.74) is 3.19. The lowest BCUT2D eigenvalue weighted by atomic mass is 10.0. The summed E-state index contributed by atoms with van der Waals surface area (Å²) in [7, 11) is 0. The van der Waals surface area contributed by atoms with Crippen LogP contribution in [0.3, 0.4) is 0 Å². The van der Waals surface area contributed by atoms with Crippen molar-refractivity contribution in [3.63, 3.8) is 0 Å². The molecule has 0 amide bonds. The molecule has 0 radical (unpaired) electrons. The highest BCUT2D eigenvalue weighted by atomic mass is 35.5. The van der Waals surface area contributed by atoms with Crippen molar-refractivity contribution >= 4 is 34.6 Å². The van der Waals surface area contributed by atoms with Crippen molar-refractivity contribution in [1.82, 2.24) is 15.1 Å². The number of hydrogen-bond acceptors (Lipinski definition) is 2. The summed E-state index contributed by atoms with van der Waals surface area (Å²) in [4.78, 5) is 0. The van der Waals surface area contributed by atoms with Crippen molar-refractivity contribution in [2.45, 2.75) is 39.7 Å². The summed E-state index contributed by atoms with van der Waals surface area (Å²) < 4.78 is 1.86. The zero-order chi connectivity index (χ0) is 16.8. The predicted molar refractivity (Wildman–Crippen MR) is 101 cm³/mol. The highest BCUT2D eigenvalue weighted by Crippen LogP contribution is 2.17. The van der Waals surface area contributed by atoms with Crippen LogP contribution in [0.5, 0.6) is 0 Å². The number of nitrogens with one attached hydrogen (secondary N) is 2. The Bertz CT molecular complexity index is 630. The summed E-state index contributed by atoms with van der Waals surface area (Å²) >= 11 is 11.3. The Morgan fingerprint density at radius 1 is 1.30 bits per heavy atom. The topological polar surface area (TPSA) is 41.9 Å². The Morgan fingerprint density at radius 2 is 2.00 bits per heavy atom. The Kier molecular flexibility index (Phi) is 6.42. The highest BCUT2D eigenvalue weighted by molar-refractivity contribution is 7.80. The van der Waals surface area contributed by atoms with Gasteiger partial charge in [0, 0.05) is 25.0 Å². The SMILES string of the molecule is Cc1nn(CCCNC(=S)Nc2ccc(C(C)C)cc2)cc1Cl. The number of aromatic nitrogens is 2. The van der Waals surface area contributed by atoms with Crippen molar-refractivity contribution in [2.24, 2.45) is 0 Å². The second kappa shape index (κ2) is 8.31. The molecule has 1 aromatic heterocycles. The number of hydrogen-bond donors (Lipinski definition) is 2. The van der Waals surface area contributed by atoms with E-state index in [1.165, 1.54) is 5.56 Å². The van der Waals surface area contributed by atoms with Crippen molar-refractivity contribution in [3.05, 3.63) is 46.7 Å². The van der Waals surface area contributed by atoms with Gasteiger partial charge in [-0.2, -0.15) is 5.10 Å². The first-order valence-electron chi connectivity index (χ1n) is 7.80. The van der Waals surface area contributed by atoms with Crippen LogP contribution < -0.4 is 10.6 Å². The normalized spacial score (nSPS) is 10.8. The molecule has 0 spiro atoms. The minimum Gasteiger partial charge on any atom is -0.362 e. The number of rotatable bonds is 6. The summed E-state index contributed by atoms with van der Waals surface area (Å²) in [6, 6.07) is 8.36. The van der Waals surface area contributed by atoms with E-state index in [0.717, 1.165) is 30.9 Å². The minimum absolute atomic E-state index is 0.536. The van der Waals surface area contributed by atoms with Gasteiger partial charge in [0.05, 0.1) is 10.7 Å². The van der Waals surface area contributed by atoms with Gasteiger partial charge in [-0.25, -0.2) is 0 Å². The van der Waals surface area contributed by atoms with Gasteiger partial charge in [0.15, 0.2) is 5.11 Å². The molecule has 0 aliphatic heterocycles. The Labute approximate surface area is 148 Å². The predicted octanol–water partition coefficient (Wildman–Crippen LogP) is 4.35. The number of benzene rings is 1. The lowest BCUT2D eigenvalue weighted by Gasteiger charge is -2.12. The second-order valence-electron chi connectivity index (χ2n) is 5.84. The lowest BCUT2D eigenvalue weighted by molar-refractivity contribution is 0.570. The average Bonchev–Trinajstić information content (AvgIpc) is 2.83. The van der Waals surface area contributed by atoms with Gasteiger partial charge in [0.2, 0.25) is 0 Å². The quantitative estimate of drug-likeness (QED) is 0.600. The fraction of sp³-hybridized carbons (Fsp3) is 0.412. The smallest absolute Gasteiger partial charge is 0.170 e. The third-order valence-electron chi connectivity index (χ3n) is 3.57. The molecule has 1 aromatic carbocycles. The molecular formula is C17H23ClN4S. The van der Waals surface area contributed by atoms with Gasteiger partial charge >= 0.3 is 0 Å². The van der Waals surface area contributed by atoms with Gasteiger partial charge in [-0.3, -0.25) is 4.68 Å². The third kappa shape index (κ3) is 5.52. The number of aryl methyl sites for hydroxylation is 2. The number of anilines is 1. The third-order valence-corrected chi connectivity index (χ3v) is 4.19. The van der Waals surface area contributed by atoms with Crippen LogP contribution in [0.2, 0.25) is 5.02 Å². The van der Waals surface area contributed by atoms with E-state index in [4.69, 9.17) is 23.8 Å². The first-order valence-corrected chi connectivity index (χ1v) is 8.58. The maximum Gasteiger partial charge on any atom is 0.170 e. The Morgan fingerprint density at radius 3 is 2.57 bits per heavy atom. The molecule has 0 unspecified atom stereocenters. The molecule has 4 nitrogen and oxygen atoms in total. The molecule has 2 N–H and O–H groups in total. The van der Waals surface area contributed by atoms with Crippen LogP contribution in [-0.2, 0) is 6.54 Å². The summed E-state index contributed by atoms with van der Waals surface area (Å²) in [6.07, 6.45) is 2.77. The summed E-state index contributed by atoms with van der Waals surface area (Å²) in [5.74, 6) is 0.536. The maximum absolute atomic E-state index is 5.98. The molecule has 124 valence electrons. The van der Waals surface area contributed by atoms with Crippen LogP contribution >= 0.6 is 23.8 Å². The van der Waals surface area contributed by atoms with E-state index < -0.39 is 0 Å². The standard InChI is InChI=1S/C17H23ClN4S/c1-12(2)14-5-7-15(8-6-14)20-17(23)19-9-4-10-22-11-16(18)13(3)21-22/h5-8,11-12H,4,9-10H2,1-3H3,(H2,19,20,23). The van der Waals surface area contributed by atoms with Crippen LogP contribution in [0.25, 0.3) is 0 Å². The van der Waals surface area contributed by atoms with Crippen LogP contribution in [0, 0.1) is 6.92 Å². The van der Waals surface area contributed by atoms with Gasteiger partial charge in [0.25, 0.3) is 0 Å². The summed E-state index contributed by atoms with van der Waals surface area (Å²) in [6.45, 7) is 7.87. The lowest BCUT2D eigenvalue weighted by Crippen LogP contribution is -2.29. The number of nitrogens with zero attached hydrogens (tertiary/aromatic N) is 2. The molecule has 2 aromatic rings. The van der Waals surface area contributed by atoms with Crippen molar-refractivity contribution in [3.8, 4) is 0 Å². The van der Waals surface area contributed by atoms with E-state index in [9.17, 15) is 0 Å². The number of thiocarbonyl (C=S) groups is 1. The van der Waals surface area contributed by atoms with Crippen LogP contribution in [0.1, 0.15) is 37.4 Å². The summed E-state index contributed by atoms with van der Waals surface area (Å²) in [5, 5.41) is 12.1. The molecule has 0 fully saturated rings. The van der Waals surface area contributed by atoms with E-state index in [1.807, 2.05) is 17.8 Å². The monoisotopic (exact) mass is 350 g/mol. The fourth-order valence-corrected chi connectivity index (χ4v) is 2.55. The maximum atomic E-state index is 5.98. The molecular weight excluding hydrogens is 328 g/mol. The van der Waals surface area contributed by atoms with E-state index in [-0.39, 0.29) is 0 Å². The van der Waals surface area contributed by atoms with Gasteiger partial charge in [-0.1, -0.05) is 37.6 Å². The van der Waals surface area contributed by atoms with Gasteiger partial charge in [-0.15, -0.1) is 0 Å². The van der Waals surface area contributed by atoms with Gasteiger partial charge in [0.1, 0.15) is 0 Å². The molecule has 6 heteroatoms. The molecule has 23 heavy (non-hydrogen) atoms. The Hall–Kier alpha value is -1.59. The molecule has 0 atom stereocenters. The zero-order valence-corrected chi connectivity index (χ0v) is 15.3. The van der Waals surface area contributed by atoms with E-state index >= 15 is 0 Å². The largest absolute Gasteiger partial charge is 0.362 e. The van der Waals surface area contributed by atoms with Crippen LogP contribution in [0.4, 0.5) is 5.69 Å². The van der Waals surface area contributed by atoms with E-state index in [1.54, 1.807) is 0 Å². The molecule has 2 rings (SSSR count). The van der Waals surface area contributed by atoms with Gasteiger partial charge in [-0.05, 0) is 49.2 Å². The minimum atomic E-state index is 0.536. The van der Waals surface area contributed by atoms with E-state index in [0.29, 0.717) is 16.1 Å². The first-order chi connectivity index (χ1) is 11.0. The highest BCUT2D eigenvalue weighted by Gasteiger charge is 2.02. The first kappa shape index (κ1) is 17.8.